The maximum Gasteiger partial charge on any atom is 0.326 e. The van der Waals surface area contributed by atoms with Gasteiger partial charge < -0.3 is 30.3 Å². The first-order valence-electron chi connectivity index (χ1n) is 17.7. The lowest BCUT2D eigenvalue weighted by molar-refractivity contribution is -0.152. The van der Waals surface area contributed by atoms with Crippen LogP contribution in [0.2, 0.25) is 5.02 Å². The van der Waals surface area contributed by atoms with Crippen molar-refractivity contribution in [2.45, 2.75) is 92.2 Å². The predicted octanol–water partition coefficient (Wildman–Crippen LogP) is 3.05. The quantitative estimate of drug-likeness (QED) is 0.0731. The van der Waals surface area contributed by atoms with Crippen LogP contribution in [-0.4, -0.2) is 96.6 Å². The Morgan fingerprint density at radius 3 is 2.46 bits per heavy atom. The van der Waals surface area contributed by atoms with Gasteiger partial charge in [0.25, 0.3) is 0 Å². The van der Waals surface area contributed by atoms with Gasteiger partial charge in [0.1, 0.15) is 29.7 Å². The average molecular weight is 804 g/mol. The maximum absolute atomic E-state index is 13.3. The van der Waals surface area contributed by atoms with Crippen LogP contribution in [0.3, 0.4) is 0 Å². The summed E-state index contributed by atoms with van der Waals surface area (Å²) in [4.78, 5) is 39.7. The highest BCUT2D eigenvalue weighted by Gasteiger charge is 2.37. The minimum absolute atomic E-state index is 0.00160. The van der Waals surface area contributed by atoms with E-state index in [0.29, 0.717) is 36.3 Å². The number of hydrogen-bond donors (Lipinski definition) is 7. The van der Waals surface area contributed by atoms with Crippen LogP contribution in [-0.2, 0) is 48.5 Å². The number of anilines is 1. The first-order chi connectivity index (χ1) is 25.8. The van der Waals surface area contributed by atoms with Crippen molar-refractivity contribution in [1.29, 1.82) is 0 Å². The van der Waals surface area contributed by atoms with Gasteiger partial charge >= 0.3 is 11.9 Å². The SMILES string of the molecule is C[C@H](NC(CCc1ccc(CNS(=O)(=O)c2cc3c(cc2Cl)NC(CCc2ccccc2)NS3)cc1)C(=O)OC[C@@H](O)CO)C(=O)N1CCC[C@H]1C(=O)O. The number of aryl methyl sites for hydroxylation is 2. The van der Waals surface area contributed by atoms with Crippen molar-refractivity contribution in [3.05, 3.63) is 88.4 Å². The molecule has 3 aromatic carbocycles. The van der Waals surface area contributed by atoms with Gasteiger partial charge in [-0.2, -0.15) is 0 Å². The van der Waals surface area contributed by atoms with E-state index in [2.05, 4.69) is 32.2 Å². The number of aliphatic hydroxyl groups is 2. The molecule has 3 aromatic rings. The molecular formula is C37H46ClN5O9S2. The summed E-state index contributed by atoms with van der Waals surface area (Å²) in [5, 5.41) is 34.8. The number of aliphatic carboxylic acids is 1. The molecule has 0 spiro atoms. The van der Waals surface area contributed by atoms with Gasteiger partial charge in [-0.25, -0.2) is 22.7 Å². The number of rotatable bonds is 18. The summed E-state index contributed by atoms with van der Waals surface area (Å²) in [6, 6.07) is 17.6. The van der Waals surface area contributed by atoms with Crippen LogP contribution in [0.25, 0.3) is 0 Å². The molecule has 17 heteroatoms. The summed E-state index contributed by atoms with van der Waals surface area (Å²) in [7, 11) is -3.98. The third kappa shape index (κ3) is 11.2. The number of nitrogens with zero attached hydrogens (tertiary/aromatic N) is 1. The molecule has 292 valence electrons. The standard InChI is InChI=1S/C37H46ClN5O9S2/c1-23(35(46)43-17-5-8-31(43)36(47)48)40-29(37(49)52-22-27(45)21-44)15-13-25-9-11-26(12-10-25)20-39-54(50,51)33-19-32-30(18-28(33)38)41-34(42-53-32)16-14-24-6-3-2-4-7-24/h2-4,6-7,9-12,18-19,23,27,29,31,34,39-42,44-45H,5,8,13-17,20-22H2,1H3,(H,47,48)/t23-,27-,29?,31-,34?/m0/s1. The van der Waals surface area contributed by atoms with Crippen molar-refractivity contribution in [3.63, 3.8) is 0 Å². The monoisotopic (exact) mass is 803 g/mol. The van der Waals surface area contributed by atoms with E-state index in [1.54, 1.807) is 43.3 Å². The molecule has 54 heavy (non-hydrogen) atoms. The second kappa shape index (κ2) is 19.2. The van der Waals surface area contributed by atoms with Gasteiger partial charge in [0.05, 0.1) is 29.5 Å². The normalized spacial score (nSPS) is 18.6. The zero-order chi connectivity index (χ0) is 38.8. The van der Waals surface area contributed by atoms with Gasteiger partial charge in [-0.1, -0.05) is 66.2 Å². The number of fused-ring (bicyclic) bond motifs is 1. The van der Waals surface area contributed by atoms with Crippen LogP contribution in [0.5, 0.6) is 0 Å². The zero-order valence-electron chi connectivity index (χ0n) is 29.7. The van der Waals surface area contributed by atoms with E-state index in [4.69, 9.17) is 21.4 Å². The number of benzene rings is 3. The summed E-state index contributed by atoms with van der Waals surface area (Å²) in [5.74, 6) is -2.27. The smallest absolute Gasteiger partial charge is 0.326 e. The number of nitrogens with one attached hydrogen (secondary N) is 4. The number of hydrogen-bond acceptors (Lipinski definition) is 12. The number of ether oxygens (including phenoxy) is 1. The Hall–Kier alpha value is -3.74. The number of carboxylic acid groups (broad SMARTS) is 1. The van der Waals surface area contributed by atoms with Crippen molar-refractivity contribution < 1.29 is 42.9 Å². The number of esters is 1. The fourth-order valence-electron chi connectivity index (χ4n) is 6.28. The molecule has 0 aliphatic carbocycles. The summed E-state index contributed by atoms with van der Waals surface area (Å²) >= 11 is 7.85. The predicted molar refractivity (Wildman–Crippen MR) is 204 cm³/mol. The van der Waals surface area contributed by atoms with Crippen molar-refractivity contribution in [1.82, 2.24) is 19.7 Å². The molecule has 14 nitrogen and oxygen atoms in total. The Bertz CT molecular complexity index is 1870. The molecule has 0 bridgehead atoms. The number of sulfonamides is 1. The molecule has 7 N–H and O–H groups in total. The molecule has 0 radical (unpaired) electrons. The third-order valence-corrected chi connectivity index (χ3v) is 12.1. The highest BCUT2D eigenvalue weighted by Crippen LogP contribution is 2.37. The van der Waals surface area contributed by atoms with Gasteiger partial charge in [0.2, 0.25) is 15.9 Å². The Morgan fingerprint density at radius 1 is 1.06 bits per heavy atom. The van der Waals surface area contributed by atoms with Crippen molar-refractivity contribution in [2.75, 3.05) is 25.1 Å². The van der Waals surface area contributed by atoms with Gasteiger partial charge in [-0.05, 0) is 86.2 Å². The molecule has 1 amide bonds. The van der Waals surface area contributed by atoms with Crippen LogP contribution in [0.4, 0.5) is 5.69 Å². The van der Waals surface area contributed by atoms with Crippen molar-refractivity contribution in [2.24, 2.45) is 0 Å². The van der Waals surface area contributed by atoms with E-state index < -0.39 is 65.3 Å². The number of carbonyl (C=O) groups is 3. The van der Waals surface area contributed by atoms with Crippen molar-refractivity contribution >= 4 is 57.1 Å². The number of halogens is 1. The lowest BCUT2D eigenvalue weighted by Gasteiger charge is -2.28. The molecule has 2 aliphatic heterocycles. The molecule has 2 aliphatic rings. The van der Waals surface area contributed by atoms with E-state index in [1.807, 2.05) is 18.2 Å². The maximum atomic E-state index is 13.3. The Morgan fingerprint density at radius 2 is 1.76 bits per heavy atom. The second-order valence-corrected chi connectivity index (χ2v) is 16.4. The zero-order valence-corrected chi connectivity index (χ0v) is 32.1. The first kappa shape index (κ1) is 41.4. The fourth-order valence-corrected chi connectivity index (χ4v) is 8.77. The largest absolute Gasteiger partial charge is 0.480 e. The summed E-state index contributed by atoms with van der Waals surface area (Å²) in [5.41, 5.74) is 3.48. The molecule has 1 fully saturated rings. The summed E-state index contributed by atoms with van der Waals surface area (Å²) < 4.78 is 37.8. The molecule has 5 rings (SSSR count). The van der Waals surface area contributed by atoms with Gasteiger partial charge in [0.15, 0.2) is 0 Å². The Kier molecular flexibility index (Phi) is 14.7. The van der Waals surface area contributed by atoms with E-state index in [0.717, 1.165) is 24.1 Å². The molecule has 2 unspecified atom stereocenters. The topological polar surface area (TPSA) is 207 Å². The van der Waals surface area contributed by atoms with Crippen molar-refractivity contribution in [3.8, 4) is 0 Å². The highest BCUT2D eigenvalue weighted by atomic mass is 35.5. The van der Waals surface area contributed by atoms with E-state index >= 15 is 0 Å². The second-order valence-electron chi connectivity index (χ2n) is 13.3. The van der Waals surface area contributed by atoms with Crippen LogP contribution in [0.15, 0.2) is 76.5 Å². The third-order valence-electron chi connectivity index (χ3n) is 9.30. The lowest BCUT2D eigenvalue weighted by Crippen LogP contribution is -2.53. The number of carbonyl (C=O) groups excluding carboxylic acids is 2. The Balaban J connectivity index is 1.16. The number of amides is 1. The van der Waals surface area contributed by atoms with E-state index in [1.165, 1.54) is 22.4 Å². The van der Waals surface area contributed by atoms with Crippen LogP contribution >= 0.6 is 23.5 Å². The van der Waals surface area contributed by atoms with Crippen LogP contribution < -0.4 is 20.1 Å². The van der Waals surface area contributed by atoms with Crippen LogP contribution in [0.1, 0.15) is 49.3 Å². The highest BCUT2D eigenvalue weighted by molar-refractivity contribution is 7.97. The molecule has 0 saturated carbocycles. The number of aliphatic hydroxyl groups excluding tert-OH is 2. The van der Waals surface area contributed by atoms with E-state index in [-0.39, 0.29) is 29.0 Å². The number of likely N-dealkylation sites (tertiary alicyclic amines) is 1. The minimum atomic E-state index is -3.98. The summed E-state index contributed by atoms with van der Waals surface area (Å²) in [6.07, 6.45) is 1.87. The molecule has 0 aromatic heterocycles. The average Bonchev–Trinajstić information content (AvgIpc) is 3.67. The molecule has 5 atom stereocenters. The van der Waals surface area contributed by atoms with Gasteiger partial charge in [-0.3, -0.25) is 14.9 Å². The minimum Gasteiger partial charge on any atom is -0.480 e. The number of carboxylic acids is 1. The first-order valence-corrected chi connectivity index (χ1v) is 20.4. The van der Waals surface area contributed by atoms with E-state index in [9.17, 15) is 33.0 Å². The molecule has 1 saturated heterocycles. The molecular weight excluding hydrogens is 758 g/mol. The lowest BCUT2D eigenvalue weighted by atomic mass is 10.0. The Labute approximate surface area is 324 Å². The van der Waals surface area contributed by atoms with Gasteiger partial charge in [0, 0.05) is 18.0 Å². The fraction of sp³-hybridized carbons (Fsp3) is 0.432. The van der Waals surface area contributed by atoms with Gasteiger partial charge in [-0.15, -0.1) is 0 Å². The summed E-state index contributed by atoms with van der Waals surface area (Å²) in [6.45, 7) is 0.808. The molecule has 2 heterocycles. The van der Waals surface area contributed by atoms with Crippen LogP contribution in [0, 0.1) is 0 Å².